The van der Waals surface area contributed by atoms with Gasteiger partial charge in [0.1, 0.15) is 11.6 Å². The minimum Gasteiger partial charge on any atom is -0.465 e. The van der Waals surface area contributed by atoms with Gasteiger partial charge >= 0.3 is 6.09 Å². The number of carbonyl (C=O) groups is 1. The standard InChI is InChI=1S/C27H35BrF2N2O3/c1-26(2,3)32(25(34)35)23(14-18-12-21(29)16-22(30)13-18)24(33)17-31-27(10-5-4-6-11-27)19-8-7-9-20(28)15-19/h7-9,12-13,15-16,23-24,31,33H,4-6,10-11,14,17H2,1-3H3,(H,34,35)/t23-,24+/m0/s1. The van der Waals surface area contributed by atoms with E-state index in [0.29, 0.717) is 5.56 Å². The summed E-state index contributed by atoms with van der Waals surface area (Å²) in [7, 11) is 0. The van der Waals surface area contributed by atoms with Crippen LogP contribution < -0.4 is 5.32 Å². The second-order valence-corrected chi connectivity index (χ2v) is 11.4. The predicted molar refractivity (Wildman–Crippen MR) is 136 cm³/mol. The molecule has 3 N–H and O–H groups in total. The summed E-state index contributed by atoms with van der Waals surface area (Å²) in [4.78, 5) is 13.5. The number of aliphatic hydroxyl groups excluding tert-OH is 1. The molecule has 8 heteroatoms. The molecule has 1 amide bonds. The van der Waals surface area contributed by atoms with E-state index in [9.17, 15) is 23.8 Å². The lowest BCUT2D eigenvalue weighted by Gasteiger charge is -2.44. The van der Waals surface area contributed by atoms with Crippen LogP contribution in [-0.2, 0) is 12.0 Å². The number of halogens is 3. The lowest BCUT2D eigenvalue weighted by atomic mass is 9.76. The Bertz CT molecular complexity index is 1000. The molecular formula is C27H35BrF2N2O3. The van der Waals surface area contributed by atoms with Crippen LogP contribution in [0.15, 0.2) is 46.9 Å². The highest BCUT2D eigenvalue weighted by Gasteiger charge is 2.39. The van der Waals surface area contributed by atoms with Crippen LogP contribution in [0, 0.1) is 11.6 Å². The van der Waals surface area contributed by atoms with Gasteiger partial charge in [-0.15, -0.1) is 0 Å². The zero-order valence-electron chi connectivity index (χ0n) is 20.5. The molecule has 1 saturated carbocycles. The molecule has 192 valence electrons. The van der Waals surface area contributed by atoms with Gasteiger partial charge in [0.15, 0.2) is 0 Å². The summed E-state index contributed by atoms with van der Waals surface area (Å²) in [6, 6.07) is 10.3. The molecule has 1 aliphatic carbocycles. The topological polar surface area (TPSA) is 72.8 Å². The van der Waals surface area contributed by atoms with Gasteiger partial charge in [0.2, 0.25) is 0 Å². The van der Waals surface area contributed by atoms with Gasteiger partial charge in [-0.2, -0.15) is 0 Å². The molecule has 35 heavy (non-hydrogen) atoms. The summed E-state index contributed by atoms with van der Waals surface area (Å²) < 4.78 is 28.7. The SMILES string of the molecule is CC(C)(C)N(C(=O)O)[C@@H](Cc1cc(F)cc(F)c1)[C@H](O)CNC1(c2cccc(Br)c2)CCCCC1. The highest BCUT2D eigenvalue weighted by Crippen LogP contribution is 2.38. The normalized spacial score (nSPS) is 17.6. The fraction of sp³-hybridized carbons (Fsp3) is 0.519. The number of benzene rings is 2. The van der Waals surface area contributed by atoms with Gasteiger partial charge in [0.05, 0.1) is 12.1 Å². The molecule has 0 unspecified atom stereocenters. The van der Waals surface area contributed by atoms with E-state index >= 15 is 0 Å². The van der Waals surface area contributed by atoms with Crippen LogP contribution in [-0.4, -0.2) is 45.4 Å². The maximum Gasteiger partial charge on any atom is 0.408 e. The highest BCUT2D eigenvalue weighted by molar-refractivity contribution is 9.10. The number of hydrogen-bond donors (Lipinski definition) is 3. The van der Waals surface area contributed by atoms with Crippen LogP contribution in [0.1, 0.15) is 64.0 Å². The maximum absolute atomic E-state index is 13.9. The minimum absolute atomic E-state index is 0.0228. The van der Waals surface area contributed by atoms with Crippen LogP contribution >= 0.6 is 15.9 Å². The molecule has 0 spiro atoms. The summed E-state index contributed by atoms with van der Waals surface area (Å²) in [5.74, 6) is -1.47. The van der Waals surface area contributed by atoms with E-state index in [2.05, 4.69) is 33.4 Å². The van der Waals surface area contributed by atoms with Crippen molar-refractivity contribution in [2.24, 2.45) is 0 Å². The van der Waals surface area contributed by atoms with Crippen molar-refractivity contribution in [3.63, 3.8) is 0 Å². The molecule has 0 bridgehead atoms. The zero-order valence-corrected chi connectivity index (χ0v) is 22.1. The van der Waals surface area contributed by atoms with Gasteiger partial charge in [0, 0.05) is 28.2 Å². The van der Waals surface area contributed by atoms with Gasteiger partial charge in [-0.25, -0.2) is 13.6 Å². The first kappa shape index (κ1) is 27.6. The second kappa shape index (κ2) is 11.4. The van der Waals surface area contributed by atoms with E-state index in [-0.39, 0.29) is 18.5 Å². The highest BCUT2D eigenvalue weighted by atomic mass is 79.9. The molecule has 1 fully saturated rings. The van der Waals surface area contributed by atoms with E-state index in [0.717, 1.165) is 48.2 Å². The Morgan fingerprint density at radius 3 is 2.29 bits per heavy atom. The Labute approximate surface area is 214 Å². The monoisotopic (exact) mass is 552 g/mol. The molecule has 3 rings (SSSR count). The fourth-order valence-electron chi connectivity index (χ4n) is 5.24. The number of nitrogens with one attached hydrogen (secondary N) is 1. The zero-order chi connectivity index (χ0) is 25.8. The Hall–Kier alpha value is -2.03. The number of rotatable bonds is 8. The average Bonchev–Trinajstić information content (AvgIpc) is 2.76. The molecule has 5 nitrogen and oxygen atoms in total. The molecule has 0 radical (unpaired) electrons. The van der Waals surface area contributed by atoms with Crippen molar-refractivity contribution in [2.75, 3.05) is 6.54 Å². The van der Waals surface area contributed by atoms with Crippen molar-refractivity contribution in [1.82, 2.24) is 10.2 Å². The van der Waals surface area contributed by atoms with Crippen molar-refractivity contribution in [1.29, 1.82) is 0 Å². The Kier molecular flexibility index (Phi) is 8.94. The first-order valence-corrected chi connectivity index (χ1v) is 12.9. The molecule has 0 aromatic heterocycles. The van der Waals surface area contributed by atoms with E-state index in [1.807, 2.05) is 12.1 Å². The van der Waals surface area contributed by atoms with Crippen molar-refractivity contribution < 1.29 is 23.8 Å². The van der Waals surface area contributed by atoms with E-state index in [1.165, 1.54) is 17.0 Å². The molecule has 2 aromatic rings. The summed E-state index contributed by atoms with van der Waals surface area (Å²) >= 11 is 3.55. The smallest absolute Gasteiger partial charge is 0.408 e. The number of hydrogen-bond acceptors (Lipinski definition) is 3. The maximum atomic E-state index is 13.9. The third-order valence-corrected chi connectivity index (χ3v) is 7.30. The number of aliphatic hydroxyl groups is 1. The lowest BCUT2D eigenvalue weighted by molar-refractivity contribution is 0.00340. The third kappa shape index (κ3) is 7.02. The van der Waals surface area contributed by atoms with E-state index in [1.54, 1.807) is 20.8 Å². The van der Waals surface area contributed by atoms with E-state index in [4.69, 9.17) is 0 Å². The Morgan fingerprint density at radius 1 is 1.11 bits per heavy atom. The number of carboxylic acid groups (broad SMARTS) is 1. The second-order valence-electron chi connectivity index (χ2n) is 10.5. The largest absolute Gasteiger partial charge is 0.465 e. The number of nitrogens with zero attached hydrogens (tertiary/aromatic N) is 1. The van der Waals surface area contributed by atoms with Crippen LogP contribution in [0.2, 0.25) is 0 Å². The van der Waals surface area contributed by atoms with E-state index < -0.39 is 35.4 Å². The molecule has 0 saturated heterocycles. The van der Waals surface area contributed by atoms with Crippen molar-refractivity contribution in [3.8, 4) is 0 Å². The first-order valence-electron chi connectivity index (χ1n) is 12.1. The third-order valence-electron chi connectivity index (χ3n) is 6.81. The van der Waals surface area contributed by atoms with Gasteiger partial charge in [0.25, 0.3) is 0 Å². The quantitative estimate of drug-likeness (QED) is 0.363. The summed E-state index contributed by atoms with van der Waals surface area (Å²) in [6.07, 6.45) is 2.71. The molecule has 0 aliphatic heterocycles. The number of amides is 1. The van der Waals surface area contributed by atoms with Crippen molar-refractivity contribution >= 4 is 22.0 Å². The molecule has 0 heterocycles. The molecule has 1 aliphatic rings. The minimum atomic E-state index is -1.20. The van der Waals surface area contributed by atoms with Gasteiger partial charge in [-0.3, -0.25) is 4.90 Å². The van der Waals surface area contributed by atoms with Crippen molar-refractivity contribution in [2.45, 2.75) is 82.5 Å². The summed E-state index contributed by atoms with van der Waals surface area (Å²) in [6.45, 7) is 5.36. The van der Waals surface area contributed by atoms with Crippen LogP contribution in [0.5, 0.6) is 0 Å². The molecule has 2 atom stereocenters. The fourth-order valence-corrected chi connectivity index (χ4v) is 5.64. The molecular weight excluding hydrogens is 518 g/mol. The average molecular weight is 553 g/mol. The summed E-state index contributed by atoms with van der Waals surface area (Å²) in [5, 5.41) is 25.0. The lowest BCUT2D eigenvalue weighted by Crippen LogP contribution is -2.59. The van der Waals surface area contributed by atoms with Gasteiger partial charge in [-0.05, 0) is 75.4 Å². The van der Waals surface area contributed by atoms with Crippen LogP contribution in [0.4, 0.5) is 13.6 Å². The predicted octanol–water partition coefficient (Wildman–Crippen LogP) is 6.23. The van der Waals surface area contributed by atoms with Gasteiger partial charge < -0.3 is 15.5 Å². The Morgan fingerprint density at radius 2 is 1.74 bits per heavy atom. The summed E-state index contributed by atoms with van der Waals surface area (Å²) in [5.41, 5.74) is 0.236. The van der Waals surface area contributed by atoms with Crippen LogP contribution in [0.3, 0.4) is 0 Å². The van der Waals surface area contributed by atoms with Crippen LogP contribution in [0.25, 0.3) is 0 Å². The van der Waals surface area contributed by atoms with Gasteiger partial charge in [-0.1, -0.05) is 47.3 Å². The first-order chi connectivity index (χ1) is 16.4. The van der Waals surface area contributed by atoms with Crippen molar-refractivity contribution in [3.05, 3.63) is 69.7 Å². The Balaban J connectivity index is 1.91. The molecule has 2 aromatic carbocycles.